The van der Waals surface area contributed by atoms with Crippen LogP contribution in [0.1, 0.15) is 47.0 Å². The first kappa shape index (κ1) is 22.7. The number of imidazole rings is 1. The molecule has 0 amide bonds. The van der Waals surface area contributed by atoms with Gasteiger partial charge in [0.15, 0.2) is 27.8 Å². The third-order valence-electron chi connectivity index (χ3n) is 6.18. The molecule has 2 aliphatic rings. The lowest BCUT2D eigenvalue weighted by Gasteiger charge is -2.46. The molecule has 176 valence electrons. The van der Waals surface area contributed by atoms with Crippen LogP contribution < -0.4 is 20.3 Å². The van der Waals surface area contributed by atoms with Crippen LogP contribution in [-0.2, 0) is 6.54 Å². The first-order chi connectivity index (χ1) is 15.6. The summed E-state index contributed by atoms with van der Waals surface area (Å²) in [5, 5.41) is 12.7. The third-order valence-corrected chi connectivity index (χ3v) is 8.05. The molecule has 1 saturated heterocycles. The molecular weight excluding hydrogens is 504 g/mol. The van der Waals surface area contributed by atoms with Crippen LogP contribution in [0.25, 0.3) is 11.2 Å². The molecule has 1 aromatic carbocycles. The minimum Gasteiger partial charge on any atom is -0.454 e. The molecule has 10 heteroatoms. The van der Waals surface area contributed by atoms with E-state index in [2.05, 4.69) is 63.5 Å². The highest BCUT2D eigenvalue weighted by Crippen LogP contribution is 2.42. The predicted molar refractivity (Wildman–Crippen MR) is 131 cm³/mol. The van der Waals surface area contributed by atoms with Gasteiger partial charge in [0.05, 0.1) is 6.33 Å². The summed E-state index contributed by atoms with van der Waals surface area (Å²) >= 11 is 5.10. The Labute approximate surface area is 205 Å². The van der Waals surface area contributed by atoms with Crippen molar-refractivity contribution in [3.8, 4) is 11.5 Å². The summed E-state index contributed by atoms with van der Waals surface area (Å²) in [6.45, 7) is 10.2. The molecule has 0 aliphatic carbocycles. The Balaban J connectivity index is 1.38. The Morgan fingerprint density at radius 3 is 2.61 bits per heavy atom. The number of nitrogens with one attached hydrogen (secondary N) is 3. The van der Waals surface area contributed by atoms with E-state index in [0.29, 0.717) is 16.6 Å². The van der Waals surface area contributed by atoms with E-state index in [1.54, 1.807) is 6.33 Å². The maximum absolute atomic E-state index is 8.27. The van der Waals surface area contributed by atoms with Crippen molar-refractivity contribution in [1.82, 2.24) is 24.8 Å². The number of benzene rings is 1. The van der Waals surface area contributed by atoms with Crippen LogP contribution in [0.2, 0.25) is 0 Å². The molecule has 2 aliphatic heterocycles. The Morgan fingerprint density at radius 2 is 1.88 bits per heavy atom. The van der Waals surface area contributed by atoms with Crippen molar-refractivity contribution >= 4 is 38.9 Å². The minimum absolute atomic E-state index is 0.129. The first-order valence-electron chi connectivity index (χ1n) is 11.1. The lowest BCUT2D eigenvalue weighted by Crippen LogP contribution is -2.57. The standard InChI is InChI=1S/C23H29BrN6O2S/c1-22(2)9-13(10-23(3,4)29-22)5-6-30-11-26-19(25)18-20(30)28-21(27-18)33-17-8-16-15(7-14(17)24)31-12-32-16/h7-8,11,13,25,29H,5-6,9-10,12H2,1-4H3,(H,27,28). The smallest absolute Gasteiger partial charge is 0.231 e. The number of hydrogen-bond donors (Lipinski definition) is 3. The van der Waals surface area contributed by atoms with Crippen molar-refractivity contribution in [3.63, 3.8) is 0 Å². The average Bonchev–Trinajstić information content (AvgIpc) is 3.32. The van der Waals surface area contributed by atoms with Crippen LogP contribution in [0.15, 0.2) is 33.0 Å². The van der Waals surface area contributed by atoms with E-state index in [1.165, 1.54) is 11.8 Å². The zero-order chi connectivity index (χ0) is 23.4. The van der Waals surface area contributed by atoms with Crippen LogP contribution in [0.4, 0.5) is 0 Å². The van der Waals surface area contributed by atoms with E-state index in [4.69, 9.17) is 19.9 Å². The van der Waals surface area contributed by atoms with Gasteiger partial charge in [-0.25, -0.2) is 9.97 Å². The number of ether oxygens (including phenoxy) is 2. The largest absolute Gasteiger partial charge is 0.454 e. The molecule has 4 heterocycles. The fourth-order valence-electron chi connectivity index (χ4n) is 5.31. The number of halogens is 1. The zero-order valence-electron chi connectivity index (χ0n) is 19.3. The quantitative estimate of drug-likeness (QED) is 0.435. The van der Waals surface area contributed by atoms with E-state index >= 15 is 0 Å². The van der Waals surface area contributed by atoms with E-state index in [0.717, 1.165) is 52.3 Å². The molecule has 0 radical (unpaired) electrons. The van der Waals surface area contributed by atoms with E-state index in [-0.39, 0.29) is 23.4 Å². The van der Waals surface area contributed by atoms with Gasteiger partial charge >= 0.3 is 0 Å². The highest BCUT2D eigenvalue weighted by molar-refractivity contribution is 9.10. The molecule has 33 heavy (non-hydrogen) atoms. The minimum atomic E-state index is 0.129. The highest BCUT2D eigenvalue weighted by Gasteiger charge is 2.37. The second-order valence-corrected chi connectivity index (χ2v) is 12.1. The maximum Gasteiger partial charge on any atom is 0.231 e. The number of aromatic amines is 1. The molecule has 0 atom stereocenters. The summed E-state index contributed by atoms with van der Waals surface area (Å²) in [5.41, 5.74) is 1.88. The van der Waals surface area contributed by atoms with Crippen LogP contribution in [-0.4, -0.2) is 37.4 Å². The van der Waals surface area contributed by atoms with Crippen molar-refractivity contribution < 1.29 is 9.47 Å². The van der Waals surface area contributed by atoms with Crippen LogP contribution in [0.5, 0.6) is 11.5 Å². The number of aryl methyl sites for hydroxylation is 1. The second kappa shape index (κ2) is 8.32. The summed E-state index contributed by atoms with van der Waals surface area (Å²) in [7, 11) is 0. The van der Waals surface area contributed by atoms with Gasteiger partial charge in [0.2, 0.25) is 6.79 Å². The zero-order valence-corrected chi connectivity index (χ0v) is 21.7. The SMILES string of the molecule is CC1(C)CC(CCn2cnc(=N)c3[nH]c(Sc4cc5c(cc4Br)OCO5)nc32)CC(C)(C)N1. The Kier molecular flexibility index (Phi) is 5.73. The van der Waals surface area contributed by atoms with Crippen LogP contribution in [0, 0.1) is 11.3 Å². The molecule has 0 spiro atoms. The van der Waals surface area contributed by atoms with Crippen molar-refractivity contribution in [3.05, 3.63) is 28.4 Å². The third kappa shape index (κ3) is 4.79. The normalized spacial score (nSPS) is 19.3. The fourth-order valence-corrected chi connectivity index (χ4v) is 6.70. The first-order valence-corrected chi connectivity index (χ1v) is 12.8. The monoisotopic (exact) mass is 532 g/mol. The van der Waals surface area contributed by atoms with Crippen molar-refractivity contribution in [1.29, 1.82) is 5.41 Å². The molecule has 8 nitrogen and oxygen atoms in total. The van der Waals surface area contributed by atoms with Crippen LogP contribution >= 0.6 is 27.7 Å². The number of rotatable bonds is 5. The Hall–Kier alpha value is -2.04. The molecule has 2 aromatic heterocycles. The van der Waals surface area contributed by atoms with Gasteiger partial charge in [-0.3, -0.25) is 5.41 Å². The van der Waals surface area contributed by atoms with Gasteiger partial charge < -0.3 is 24.3 Å². The number of hydrogen-bond acceptors (Lipinski definition) is 7. The van der Waals surface area contributed by atoms with Gasteiger partial charge in [-0.2, -0.15) is 0 Å². The predicted octanol–water partition coefficient (Wildman–Crippen LogP) is 4.83. The second-order valence-electron chi connectivity index (χ2n) is 10.2. The Bertz CT molecular complexity index is 1250. The van der Waals surface area contributed by atoms with Crippen LogP contribution in [0.3, 0.4) is 0 Å². The van der Waals surface area contributed by atoms with Crippen molar-refractivity contribution in [2.75, 3.05) is 6.79 Å². The van der Waals surface area contributed by atoms with E-state index < -0.39 is 0 Å². The molecule has 3 aromatic rings. The fraction of sp³-hybridized carbons (Fsp3) is 0.522. The number of nitrogens with zero attached hydrogens (tertiary/aromatic N) is 3. The van der Waals surface area contributed by atoms with Gasteiger partial charge in [0.1, 0.15) is 5.52 Å². The van der Waals surface area contributed by atoms with Crippen molar-refractivity contribution in [2.24, 2.45) is 5.92 Å². The topological polar surface area (TPSA) is 101 Å². The van der Waals surface area contributed by atoms with E-state index in [9.17, 15) is 0 Å². The molecule has 0 unspecified atom stereocenters. The number of fused-ring (bicyclic) bond motifs is 2. The molecular formula is C23H29BrN6O2S. The van der Waals surface area contributed by atoms with Gasteiger partial charge in [0.25, 0.3) is 0 Å². The highest BCUT2D eigenvalue weighted by atomic mass is 79.9. The molecule has 0 saturated carbocycles. The lowest BCUT2D eigenvalue weighted by atomic mass is 9.75. The number of piperidine rings is 1. The molecule has 3 N–H and O–H groups in total. The Morgan fingerprint density at radius 1 is 1.18 bits per heavy atom. The summed E-state index contributed by atoms with van der Waals surface area (Å²) in [6.07, 6.45) is 5.08. The summed E-state index contributed by atoms with van der Waals surface area (Å²) in [5.74, 6) is 2.07. The summed E-state index contributed by atoms with van der Waals surface area (Å²) < 4.78 is 13.9. The summed E-state index contributed by atoms with van der Waals surface area (Å²) in [4.78, 5) is 13.4. The van der Waals surface area contributed by atoms with Gasteiger partial charge in [0, 0.05) is 27.0 Å². The maximum atomic E-state index is 8.27. The molecule has 5 rings (SSSR count). The number of H-pyrrole nitrogens is 1. The van der Waals surface area contributed by atoms with Gasteiger partial charge in [-0.15, -0.1) is 0 Å². The molecule has 0 bridgehead atoms. The van der Waals surface area contributed by atoms with Gasteiger partial charge in [-0.1, -0.05) is 11.8 Å². The van der Waals surface area contributed by atoms with Gasteiger partial charge in [-0.05, 0) is 80.9 Å². The lowest BCUT2D eigenvalue weighted by molar-refractivity contribution is 0.121. The summed E-state index contributed by atoms with van der Waals surface area (Å²) in [6, 6.07) is 3.85. The molecule has 1 fully saturated rings. The van der Waals surface area contributed by atoms with E-state index in [1.807, 2.05) is 12.1 Å². The average molecular weight is 533 g/mol. The number of aromatic nitrogens is 4. The van der Waals surface area contributed by atoms with Crippen molar-refractivity contribution in [2.45, 2.75) is 74.6 Å².